The second-order valence-corrected chi connectivity index (χ2v) is 7.24. The van der Waals surface area contributed by atoms with Crippen molar-refractivity contribution in [3.05, 3.63) is 0 Å². The zero-order valence-corrected chi connectivity index (χ0v) is 14.6. The zero-order chi connectivity index (χ0) is 16.5. The molecule has 0 bridgehead atoms. The number of rotatable bonds is 7. The molecule has 4 nitrogen and oxygen atoms in total. The predicted octanol–water partition coefficient (Wildman–Crippen LogP) is 4.54. The monoisotopic (exact) mass is 324 g/mol. The molecule has 1 unspecified atom stereocenters. The molecule has 2 fully saturated rings. The van der Waals surface area contributed by atoms with E-state index < -0.39 is 0 Å². The molecule has 0 spiro atoms. The lowest BCUT2D eigenvalue weighted by molar-refractivity contribution is -0.156. The molecular weight excluding hydrogens is 292 g/mol. The molecule has 1 atom stereocenters. The van der Waals surface area contributed by atoms with Gasteiger partial charge in [-0.05, 0) is 64.2 Å². The highest BCUT2D eigenvalue weighted by molar-refractivity contribution is 5.72. The molecule has 0 heterocycles. The number of ether oxygens (including phenoxy) is 2. The topological polar surface area (TPSA) is 52.6 Å². The van der Waals surface area contributed by atoms with Crippen molar-refractivity contribution in [2.75, 3.05) is 0 Å². The summed E-state index contributed by atoms with van der Waals surface area (Å²) in [5, 5.41) is 0. The van der Waals surface area contributed by atoms with E-state index in [1.54, 1.807) is 0 Å². The molecule has 0 N–H and O–H groups in total. The molecule has 2 aliphatic rings. The fraction of sp³-hybridized carbons (Fsp3) is 0.895. The summed E-state index contributed by atoms with van der Waals surface area (Å²) in [5.74, 6) is -0.332. The van der Waals surface area contributed by atoms with Crippen molar-refractivity contribution in [2.24, 2.45) is 5.92 Å². The minimum Gasteiger partial charge on any atom is -0.462 e. The molecule has 0 aromatic rings. The summed E-state index contributed by atoms with van der Waals surface area (Å²) in [7, 11) is 0. The van der Waals surface area contributed by atoms with E-state index in [-0.39, 0.29) is 30.1 Å². The number of carbonyl (C=O) groups is 2. The summed E-state index contributed by atoms with van der Waals surface area (Å²) in [6, 6.07) is 0. The first-order chi connectivity index (χ1) is 11.1. The SMILES string of the molecule is CC(CCCC(=O)OC1CCCCC1)C(=O)OC1CCCCC1. The van der Waals surface area contributed by atoms with Crippen LogP contribution in [0.15, 0.2) is 0 Å². The molecule has 0 aromatic carbocycles. The highest BCUT2D eigenvalue weighted by atomic mass is 16.5. The van der Waals surface area contributed by atoms with E-state index in [0.29, 0.717) is 19.3 Å². The Kier molecular flexibility index (Phi) is 7.90. The van der Waals surface area contributed by atoms with E-state index in [4.69, 9.17) is 9.47 Å². The maximum Gasteiger partial charge on any atom is 0.308 e. The van der Waals surface area contributed by atoms with Crippen molar-refractivity contribution >= 4 is 11.9 Å². The van der Waals surface area contributed by atoms with Crippen molar-refractivity contribution in [3.63, 3.8) is 0 Å². The van der Waals surface area contributed by atoms with E-state index in [2.05, 4.69) is 0 Å². The molecule has 0 aliphatic heterocycles. The number of esters is 2. The summed E-state index contributed by atoms with van der Waals surface area (Å²) < 4.78 is 11.1. The van der Waals surface area contributed by atoms with Gasteiger partial charge in [0.25, 0.3) is 0 Å². The van der Waals surface area contributed by atoms with Crippen LogP contribution >= 0.6 is 0 Å². The molecule has 2 rings (SSSR count). The number of carbonyl (C=O) groups excluding carboxylic acids is 2. The molecule has 0 saturated heterocycles. The van der Waals surface area contributed by atoms with E-state index >= 15 is 0 Å². The average Bonchev–Trinajstić information content (AvgIpc) is 2.56. The van der Waals surface area contributed by atoms with Crippen LogP contribution in [0.3, 0.4) is 0 Å². The number of hydrogen-bond acceptors (Lipinski definition) is 4. The van der Waals surface area contributed by atoms with Crippen LogP contribution in [0.2, 0.25) is 0 Å². The lowest BCUT2D eigenvalue weighted by Gasteiger charge is -2.23. The van der Waals surface area contributed by atoms with Gasteiger partial charge in [-0.15, -0.1) is 0 Å². The lowest BCUT2D eigenvalue weighted by atomic mass is 9.97. The first kappa shape index (κ1) is 18.3. The smallest absolute Gasteiger partial charge is 0.308 e. The average molecular weight is 324 g/mol. The maximum atomic E-state index is 12.1. The molecular formula is C19H32O4. The minimum absolute atomic E-state index is 0.0995. The van der Waals surface area contributed by atoms with Crippen molar-refractivity contribution < 1.29 is 19.1 Å². The van der Waals surface area contributed by atoms with Crippen molar-refractivity contribution in [1.82, 2.24) is 0 Å². The minimum atomic E-state index is -0.126. The standard InChI is InChI=1S/C19H32O4/c1-15(19(21)23-17-12-6-3-7-13-17)9-8-14-18(20)22-16-10-4-2-5-11-16/h15-17H,2-14H2,1H3. The Bertz CT molecular complexity index is 368. The van der Waals surface area contributed by atoms with Crippen molar-refractivity contribution in [1.29, 1.82) is 0 Å². The van der Waals surface area contributed by atoms with E-state index in [1.807, 2.05) is 6.92 Å². The highest BCUT2D eigenvalue weighted by Gasteiger charge is 2.22. The molecule has 0 amide bonds. The van der Waals surface area contributed by atoms with E-state index in [0.717, 1.165) is 25.7 Å². The lowest BCUT2D eigenvalue weighted by Crippen LogP contribution is -2.25. The Balaban J connectivity index is 1.56. The number of hydrogen-bond donors (Lipinski definition) is 0. The van der Waals surface area contributed by atoms with Crippen molar-refractivity contribution in [3.8, 4) is 0 Å². The molecule has 2 aliphatic carbocycles. The van der Waals surface area contributed by atoms with E-state index in [1.165, 1.54) is 38.5 Å². The summed E-state index contributed by atoms with van der Waals surface area (Å²) >= 11 is 0. The van der Waals surface area contributed by atoms with Crippen LogP contribution in [-0.2, 0) is 19.1 Å². The Hall–Kier alpha value is -1.06. The third-order valence-electron chi connectivity index (χ3n) is 5.11. The summed E-state index contributed by atoms with van der Waals surface area (Å²) in [5.41, 5.74) is 0. The summed E-state index contributed by atoms with van der Waals surface area (Å²) in [6.07, 6.45) is 13.3. The Labute approximate surface area is 140 Å². The molecule has 0 aromatic heterocycles. The quantitative estimate of drug-likeness (QED) is 0.645. The molecule has 2 saturated carbocycles. The van der Waals surface area contributed by atoms with Gasteiger partial charge in [-0.1, -0.05) is 19.8 Å². The maximum absolute atomic E-state index is 12.1. The summed E-state index contributed by atoms with van der Waals surface area (Å²) in [6.45, 7) is 1.90. The van der Waals surface area contributed by atoms with Gasteiger partial charge < -0.3 is 9.47 Å². The molecule has 4 heteroatoms. The second-order valence-electron chi connectivity index (χ2n) is 7.24. The molecule has 0 radical (unpaired) electrons. The Morgan fingerprint density at radius 3 is 1.96 bits per heavy atom. The predicted molar refractivity (Wildman–Crippen MR) is 88.9 cm³/mol. The molecule has 23 heavy (non-hydrogen) atoms. The fourth-order valence-corrected chi connectivity index (χ4v) is 3.56. The van der Waals surface area contributed by atoms with E-state index in [9.17, 15) is 9.59 Å². The zero-order valence-electron chi connectivity index (χ0n) is 14.6. The van der Waals surface area contributed by atoms with Gasteiger partial charge in [-0.25, -0.2) is 0 Å². The normalized spacial score (nSPS) is 21.6. The van der Waals surface area contributed by atoms with Crippen LogP contribution in [-0.4, -0.2) is 24.1 Å². The third kappa shape index (κ3) is 6.92. The van der Waals surface area contributed by atoms with Gasteiger partial charge in [0.2, 0.25) is 0 Å². The van der Waals surface area contributed by atoms with Gasteiger partial charge in [0.1, 0.15) is 12.2 Å². The first-order valence-corrected chi connectivity index (χ1v) is 9.55. The van der Waals surface area contributed by atoms with Crippen LogP contribution < -0.4 is 0 Å². The second kappa shape index (κ2) is 9.94. The Morgan fingerprint density at radius 2 is 1.39 bits per heavy atom. The van der Waals surface area contributed by atoms with Crippen LogP contribution in [0.25, 0.3) is 0 Å². The van der Waals surface area contributed by atoms with Crippen LogP contribution in [0, 0.1) is 5.92 Å². The largest absolute Gasteiger partial charge is 0.462 e. The molecule has 132 valence electrons. The third-order valence-corrected chi connectivity index (χ3v) is 5.11. The fourth-order valence-electron chi connectivity index (χ4n) is 3.56. The highest BCUT2D eigenvalue weighted by Crippen LogP contribution is 2.23. The first-order valence-electron chi connectivity index (χ1n) is 9.55. The van der Waals surface area contributed by atoms with Gasteiger partial charge in [0, 0.05) is 6.42 Å². The van der Waals surface area contributed by atoms with Gasteiger partial charge in [0.15, 0.2) is 0 Å². The van der Waals surface area contributed by atoms with Crippen LogP contribution in [0.4, 0.5) is 0 Å². The summed E-state index contributed by atoms with van der Waals surface area (Å²) in [4.78, 5) is 23.9. The van der Waals surface area contributed by atoms with Gasteiger partial charge in [-0.3, -0.25) is 9.59 Å². The van der Waals surface area contributed by atoms with Crippen LogP contribution in [0.5, 0.6) is 0 Å². The van der Waals surface area contributed by atoms with Gasteiger partial charge in [-0.2, -0.15) is 0 Å². The van der Waals surface area contributed by atoms with Crippen molar-refractivity contribution in [2.45, 2.75) is 103 Å². The van der Waals surface area contributed by atoms with Gasteiger partial charge >= 0.3 is 11.9 Å². The van der Waals surface area contributed by atoms with Gasteiger partial charge in [0.05, 0.1) is 5.92 Å². The van der Waals surface area contributed by atoms with Crippen LogP contribution in [0.1, 0.15) is 90.4 Å². The Morgan fingerprint density at radius 1 is 0.870 bits per heavy atom.